The van der Waals surface area contributed by atoms with E-state index in [0.717, 1.165) is 31.1 Å². The Bertz CT molecular complexity index is 748. The van der Waals surface area contributed by atoms with Gasteiger partial charge < -0.3 is 5.73 Å². The third-order valence-electron chi connectivity index (χ3n) is 4.10. The van der Waals surface area contributed by atoms with Gasteiger partial charge in [0.15, 0.2) is 0 Å². The molecule has 1 aliphatic rings. The lowest BCUT2D eigenvalue weighted by molar-refractivity contribution is 0.424. The Morgan fingerprint density at radius 1 is 0.857 bits per heavy atom. The maximum absolute atomic E-state index is 13.0. The summed E-state index contributed by atoms with van der Waals surface area (Å²) in [5.74, 6) is 0. The Morgan fingerprint density at radius 3 is 2.19 bits per heavy atom. The fourth-order valence-corrected chi connectivity index (χ4v) is 4.68. The minimum absolute atomic E-state index is 0.370. The average Bonchev–Trinajstić information content (AvgIpc) is 2.77. The summed E-state index contributed by atoms with van der Waals surface area (Å²) in [4.78, 5) is 0.370. The van der Waals surface area contributed by atoms with Crippen molar-refractivity contribution in [3.05, 3.63) is 36.4 Å². The normalized spacial score (nSPS) is 17.7. The van der Waals surface area contributed by atoms with E-state index in [1.807, 2.05) is 12.1 Å². The van der Waals surface area contributed by atoms with Crippen LogP contribution < -0.4 is 5.73 Å². The molecule has 1 saturated heterocycles. The van der Waals surface area contributed by atoms with Crippen molar-refractivity contribution in [1.82, 2.24) is 4.31 Å². The van der Waals surface area contributed by atoms with Gasteiger partial charge in [0.05, 0.1) is 4.90 Å². The highest BCUT2D eigenvalue weighted by Gasteiger charge is 2.26. The van der Waals surface area contributed by atoms with Crippen LogP contribution in [0.25, 0.3) is 10.8 Å². The van der Waals surface area contributed by atoms with Gasteiger partial charge in [-0.2, -0.15) is 4.31 Å². The molecule has 0 aromatic heterocycles. The van der Waals surface area contributed by atoms with Gasteiger partial charge >= 0.3 is 0 Å². The van der Waals surface area contributed by atoms with E-state index in [4.69, 9.17) is 5.73 Å². The summed E-state index contributed by atoms with van der Waals surface area (Å²) in [6, 6.07) is 10.7. The number of nitrogens with two attached hydrogens (primary N) is 1. The topological polar surface area (TPSA) is 63.4 Å². The molecule has 21 heavy (non-hydrogen) atoms. The van der Waals surface area contributed by atoms with E-state index in [2.05, 4.69) is 0 Å². The van der Waals surface area contributed by atoms with Gasteiger partial charge in [-0.1, -0.05) is 37.1 Å². The van der Waals surface area contributed by atoms with Crippen LogP contribution >= 0.6 is 0 Å². The second-order valence-corrected chi connectivity index (χ2v) is 7.42. The molecule has 0 bridgehead atoms. The van der Waals surface area contributed by atoms with Gasteiger partial charge in [-0.05, 0) is 25.0 Å². The van der Waals surface area contributed by atoms with E-state index >= 15 is 0 Å². The van der Waals surface area contributed by atoms with Crippen molar-refractivity contribution in [3.8, 4) is 0 Å². The smallest absolute Gasteiger partial charge is 0.243 e. The van der Waals surface area contributed by atoms with Crippen LogP contribution in [0.4, 0.5) is 5.69 Å². The van der Waals surface area contributed by atoms with Crippen LogP contribution in [-0.4, -0.2) is 25.8 Å². The molecule has 0 aliphatic carbocycles. The number of rotatable bonds is 2. The molecule has 0 amide bonds. The van der Waals surface area contributed by atoms with Crippen LogP contribution in [0.1, 0.15) is 25.7 Å². The lowest BCUT2D eigenvalue weighted by atomic mass is 10.1. The van der Waals surface area contributed by atoms with Gasteiger partial charge in [0.1, 0.15) is 0 Å². The van der Waals surface area contributed by atoms with Gasteiger partial charge in [-0.15, -0.1) is 0 Å². The SMILES string of the molecule is Nc1cccc2c(S(=O)(=O)N3CCCCCC3)cccc12. The van der Waals surface area contributed by atoms with Crippen molar-refractivity contribution in [1.29, 1.82) is 0 Å². The van der Waals surface area contributed by atoms with E-state index in [-0.39, 0.29) is 0 Å². The quantitative estimate of drug-likeness (QED) is 0.868. The average molecular weight is 304 g/mol. The largest absolute Gasteiger partial charge is 0.398 e. The molecule has 4 nitrogen and oxygen atoms in total. The molecule has 1 heterocycles. The number of anilines is 1. The van der Waals surface area contributed by atoms with E-state index in [1.54, 1.807) is 28.6 Å². The van der Waals surface area contributed by atoms with Crippen molar-refractivity contribution in [2.75, 3.05) is 18.8 Å². The lowest BCUT2D eigenvalue weighted by Gasteiger charge is -2.21. The predicted octanol–water partition coefficient (Wildman–Crippen LogP) is 2.99. The van der Waals surface area contributed by atoms with Gasteiger partial charge in [0, 0.05) is 29.5 Å². The first-order chi connectivity index (χ1) is 10.1. The number of nitrogens with zero attached hydrogens (tertiary/aromatic N) is 1. The first-order valence-electron chi connectivity index (χ1n) is 7.38. The fourth-order valence-electron chi connectivity index (χ4n) is 2.95. The van der Waals surface area contributed by atoms with Crippen LogP contribution in [0.2, 0.25) is 0 Å². The Morgan fingerprint density at radius 2 is 1.48 bits per heavy atom. The van der Waals surface area contributed by atoms with Crippen molar-refractivity contribution in [2.24, 2.45) is 0 Å². The van der Waals surface area contributed by atoms with Gasteiger partial charge in [-0.3, -0.25) is 0 Å². The summed E-state index contributed by atoms with van der Waals surface area (Å²) in [5.41, 5.74) is 6.57. The third-order valence-corrected chi connectivity index (χ3v) is 6.06. The molecule has 112 valence electrons. The molecule has 2 aromatic rings. The van der Waals surface area contributed by atoms with Crippen molar-refractivity contribution < 1.29 is 8.42 Å². The number of fused-ring (bicyclic) bond motifs is 1. The highest BCUT2D eigenvalue weighted by atomic mass is 32.2. The molecule has 3 rings (SSSR count). The minimum Gasteiger partial charge on any atom is -0.398 e. The zero-order valence-corrected chi connectivity index (χ0v) is 12.8. The molecule has 1 aliphatic heterocycles. The molecular weight excluding hydrogens is 284 g/mol. The highest BCUT2D eigenvalue weighted by Crippen LogP contribution is 2.29. The van der Waals surface area contributed by atoms with E-state index in [9.17, 15) is 8.42 Å². The second kappa shape index (κ2) is 5.66. The van der Waals surface area contributed by atoms with Gasteiger partial charge in [0.25, 0.3) is 0 Å². The van der Waals surface area contributed by atoms with Crippen LogP contribution in [0, 0.1) is 0 Å². The lowest BCUT2D eigenvalue weighted by Crippen LogP contribution is -2.32. The summed E-state index contributed by atoms with van der Waals surface area (Å²) >= 11 is 0. The summed E-state index contributed by atoms with van der Waals surface area (Å²) in [6.07, 6.45) is 4.08. The molecule has 2 aromatic carbocycles. The van der Waals surface area contributed by atoms with Crippen molar-refractivity contribution >= 4 is 26.5 Å². The first-order valence-corrected chi connectivity index (χ1v) is 8.82. The molecule has 0 unspecified atom stereocenters. The second-order valence-electron chi connectivity index (χ2n) is 5.52. The van der Waals surface area contributed by atoms with E-state index in [1.165, 1.54) is 0 Å². The molecule has 0 radical (unpaired) electrons. The first kappa shape index (κ1) is 14.4. The molecule has 1 fully saturated rings. The Hall–Kier alpha value is -1.59. The van der Waals surface area contributed by atoms with E-state index < -0.39 is 10.0 Å². The van der Waals surface area contributed by atoms with E-state index in [0.29, 0.717) is 29.1 Å². The van der Waals surface area contributed by atoms with Crippen LogP contribution in [0.15, 0.2) is 41.3 Å². The maximum Gasteiger partial charge on any atom is 0.243 e. The Balaban J connectivity index is 2.12. The molecule has 5 heteroatoms. The standard InChI is InChI=1S/C16H20N2O2S/c17-15-9-5-8-14-13(15)7-6-10-16(14)21(19,20)18-11-3-1-2-4-12-18/h5-10H,1-4,11-12,17H2. The number of sulfonamides is 1. The maximum atomic E-state index is 13.0. The number of nitrogen functional groups attached to an aromatic ring is 1. The summed E-state index contributed by atoms with van der Waals surface area (Å²) < 4.78 is 27.5. The zero-order chi connectivity index (χ0) is 14.9. The zero-order valence-electron chi connectivity index (χ0n) is 12.0. The summed E-state index contributed by atoms with van der Waals surface area (Å²) in [5, 5.41) is 1.51. The molecule has 2 N–H and O–H groups in total. The molecule has 0 saturated carbocycles. The Labute approximate surface area is 125 Å². The van der Waals surface area contributed by atoms with Crippen molar-refractivity contribution in [2.45, 2.75) is 30.6 Å². The summed E-state index contributed by atoms with van der Waals surface area (Å²) in [6.45, 7) is 1.22. The van der Waals surface area contributed by atoms with Gasteiger partial charge in [-0.25, -0.2) is 8.42 Å². The fraction of sp³-hybridized carbons (Fsp3) is 0.375. The monoisotopic (exact) mass is 304 g/mol. The third kappa shape index (κ3) is 2.63. The number of hydrogen-bond acceptors (Lipinski definition) is 3. The van der Waals surface area contributed by atoms with Crippen LogP contribution in [0.5, 0.6) is 0 Å². The van der Waals surface area contributed by atoms with Crippen LogP contribution in [-0.2, 0) is 10.0 Å². The minimum atomic E-state index is -3.45. The predicted molar refractivity (Wildman–Crippen MR) is 85.6 cm³/mol. The van der Waals surface area contributed by atoms with Gasteiger partial charge in [0.2, 0.25) is 10.0 Å². The van der Waals surface area contributed by atoms with Crippen molar-refractivity contribution in [3.63, 3.8) is 0 Å². The molecule has 0 spiro atoms. The molecular formula is C16H20N2O2S. The number of benzene rings is 2. The van der Waals surface area contributed by atoms with Crippen LogP contribution in [0.3, 0.4) is 0 Å². The molecule has 0 atom stereocenters. The highest BCUT2D eigenvalue weighted by molar-refractivity contribution is 7.89. The summed E-state index contributed by atoms with van der Waals surface area (Å²) in [7, 11) is -3.45. The Kier molecular flexibility index (Phi) is 3.87. The number of hydrogen-bond donors (Lipinski definition) is 1.